The fourth-order valence-corrected chi connectivity index (χ4v) is 1.37. The molecular formula is C12H21N3O2. The fourth-order valence-electron chi connectivity index (χ4n) is 1.37. The van der Waals surface area contributed by atoms with Crippen molar-refractivity contribution in [3.63, 3.8) is 0 Å². The van der Waals surface area contributed by atoms with E-state index in [1.165, 1.54) is 0 Å². The topological polar surface area (TPSA) is 62.4 Å². The second-order valence-electron chi connectivity index (χ2n) is 5.00. The summed E-state index contributed by atoms with van der Waals surface area (Å²) in [6.45, 7) is 11.7. The molecule has 1 N–H and O–H groups in total. The SMILES string of the molecule is C=CCN(CCO)Cc1nnc(C(C)(C)C)o1. The predicted octanol–water partition coefficient (Wildman–Crippen LogP) is 1.35. The molecule has 1 aromatic rings. The minimum Gasteiger partial charge on any atom is -0.423 e. The van der Waals surface area contributed by atoms with E-state index in [1.807, 2.05) is 25.7 Å². The van der Waals surface area contributed by atoms with E-state index in [0.717, 1.165) is 0 Å². The Kier molecular flexibility index (Phi) is 4.84. The highest BCUT2D eigenvalue weighted by molar-refractivity contribution is 4.96. The Morgan fingerprint density at radius 1 is 1.41 bits per heavy atom. The van der Waals surface area contributed by atoms with Gasteiger partial charge in [0.1, 0.15) is 0 Å². The molecule has 0 unspecified atom stereocenters. The number of aromatic nitrogens is 2. The van der Waals surface area contributed by atoms with E-state index in [4.69, 9.17) is 9.52 Å². The molecule has 0 fully saturated rings. The van der Waals surface area contributed by atoms with Crippen molar-refractivity contribution in [2.24, 2.45) is 0 Å². The van der Waals surface area contributed by atoms with Crippen LogP contribution in [0.4, 0.5) is 0 Å². The zero-order chi connectivity index (χ0) is 12.9. The second-order valence-corrected chi connectivity index (χ2v) is 5.00. The van der Waals surface area contributed by atoms with Crippen LogP contribution < -0.4 is 0 Å². The van der Waals surface area contributed by atoms with Crippen molar-refractivity contribution < 1.29 is 9.52 Å². The van der Waals surface area contributed by atoms with Crippen molar-refractivity contribution in [1.29, 1.82) is 0 Å². The van der Waals surface area contributed by atoms with Crippen LogP contribution in [0.3, 0.4) is 0 Å². The summed E-state index contributed by atoms with van der Waals surface area (Å²) in [6.07, 6.45) is 1.79. The van der Waals surface area contributed by atoms with Gasteiger partial charge in [-0.1, -0.05) is 26.8 Å². The third kappa shape index (κ3) is 4.28. The smallest absolute Gasteiger partial charge is 0.230 e. The highest BCUT2D eigenvalue weighted by Gasteiger charge is 2.21. The zero-order valence-electron chi connectivity index (χ0n) is 10.8. The van der Waals surface area contributed by atoms with Gasteiger partial charge in [0.2, 0.25) is 11.8 Å². The van der Waals surface area contributed by atoms with Crippen LogP contribution in [0.5, 0.6) is 0 Å². The number of aliphatic hydroxyl groups is 1. The lowest BCUT2D eigenvalue weighted by atomic mass is 9.97. The summed E-state index contributed by atoms with van der Waals surface area (Å²) >= 11 is 0. The number of hydrogen-bond donors (Lipinski definition) is 1. The first-order valence-electron chi connectivity index (χ1n) is 5.74. The van der Waals surface area contributed by atoms with Crippen molar-refractivity contribution in [1.82, 2.24) is 15.1 Å². The molecule has 0 saturated carbocycles. The van der Waals surface area contributed by atoms with Gasteiger partial charge < -0.3 is 9.52 Å². The second kappa shape index (κ2) is 5.93. The van der Waals surface area contributed by atoms with Gasteiger partial charge in [-0.15, -0.1) is 16.8 Å². The Balaban J connectivity index is 2.66. The quantitative estimate of drug-likeness (QED) is 0.759. The van der Waals surface area contributed by atoms with E-state index in [0.29, 0.717) is 31.4 Å². The molecule has 0 saturated heterocycles. The van der Waals surface area contributed by atoms with Crippen LogP contribution in [0.25, 0.3) is 0 Å². The molecule has 0 spiro atoms. The molecule has 0 aliphatic rings. The van der Waals surface area contributed by atoms with Crippen molar-refractivity contribution >= 4 is 0 Å². The van der Waals surface area contributed by atoms with Crippen LogP contribution in [-0.2, 0) is 12.0 Å². The Morgan fingerprint density at radius 3 is 2.59 bits per heavy atom. The molecule has 96 valence electrons. The molecule has 1 aromatic heterocycles. The predicted molar refractivity (Wildman–Crippen MR) is 65.6 cm³/mol. The third-order valence-corrected chi connectivity index (χ3v) is 2.27. The van der Waals surface area contributed by atoms with Gasteiger partial charge in [0, 0.05) is 18.5 Å². The van der Waals surface area contributed by atoms with Crippen LogP contribution in [-0.4, -0.2) is 39.9 Å². The Morgan fingerprint density at radius 2 is 2.12 bits per heavy atom. The van der Waals surface area contributed by atoms with E-state index >= 15 is 0 Å². The van der Waals surface area contributed by atoms with Crippen LogP contribution in [0.15, 0.2) is 17.1 Å². The molecule has 1 heterocycles. The molecule has 5 nitrogen and oxygen atoms in total. The standard InChI is InChI=1S/C12H21N3O2/c1-5-6-15(7-8-16)9-10-13-14-11(17-10)12(2,3)4/h5,16H,1,6-9H2,2-4H3. The molecule has 0 bridgehead atoms. The molecule has 0 atom stereocenters. The molecular weight excluding hydrogens is 218 g/mol. The lowest BCUT2D eigenvalue weighted by Gasteiger charge is -2.17. The van der Waals surface area contributed by atoms with Crippen LogP contribution in [0.1, 0.15) is 32.6 Å². The van der Waals surface area contributed by atoms with Gasteiger partial charge in [0.15, 0.2) is 0 Å². The summed E-state index contributed by atoms with van der Waals surface area (Å²) in [7, 11) is 0. The Bertz CT molecular complexity index is 355. The van der Waals surface area contributed by atoms with Gasteiger partial charge in [0.25, 0.3) is 0 Å². The molecule has 1 rings (SSSR count). The fraction of sp³-hybridized carbons (Fsp3) is 0.667. The third-order valence-electron chi connectivity index (χ3n) is 2.27. The van der Waals surface area contributed by atoms with Gasteiger partial charge >= 0.3 is 0 Å². The average molecular weight is 239 g/mol. The number of hydrogen-bond acceptors (Lipinski definition) is 5. The maximum Gasteiger partial charge on any atom is 0.230 e. The largest absolute Gasteiger partial charge is 0.423 e. The molecule has 0 radical (unpaired) electrons. The number of nitrogens with zero attached hydrogens (tertiary/aromatic N) is 3. The highest BCUT2D eigenvalue weighted by Crippen LogP contribution is 2.20. The summed E-state index contributed by atoms with van der Waals surface area (Å²) in [5, 5.41) is 17.0. The summed E-state index contributed by atoms with van der Waals surface area (Å²) < 4.78 is 5.59. The van der Waals surface area contributed by atoms with Crippen molar-refractivity contribution in [2.45, 2.75) is 32.7 Å². The maximum atomic E-state index is 8.93. The van der Waals surface area contributed by atoms with Gasteiger partial charge in [-0.3, -0.25) is 4.90 Å². The van der Waals surface area contributed by atoms with Crippen molar-refractivity contribution in [3.05, 3.63) is 24.4 Å². The van der Waals surface area contributed by atoms with Crippen molar-refractivity contribution in [2.75, 3.05) is 19.7 Å². The molecule has 5 heteroatoms. The highest BCUT2D eigenvalue weighted by atomic mass is 16.4. The molecule has 0 aliphatic carbocycles. The van der Waals surface area contributed by atoms with Gasteiger partial charge in [-0.25, -0.2) is 0 Å². The van der Waals surface area contributed by atoms with Gasteiger partial charge in [-0.05, 0) is 0 Å². The normalized spacial score (nSPS) is 12.1. The first-order valence-corrected chi connectivity index (χ1v) is 5.74. The maximum absolute atomic E-state index is 8.93. The molecule has 0 amide bonds. The average Bonchev–Trinajstić information content (AvgIpc) is 2.66. The Hall–Kier alpha value is -1.20. The number of rotatable bonds is 6. The monoisotopic (exact) mass is 239 g/mol. The summed E-state index contributed by atoms with van der Waals surface area (Å²) in [5.74, 6) is 1.21. The van der Waals surface area contributed by atoms with E-state index in [2.05, 4.69) is 16.8 Å². The number of aliphatic hydroxyl groups excluding tert-OH is 1. The van der Waals surface area contributed by atoms with Crippen LogP contribution >= 0.6 is 0 Å². The minimum absolute atomic E-state index is 0.105. The van der Waals surface area contributed by atoms with Crippen LogP contribution in [0.2, 0.25) is 0 Å². The van der Waals surface area contributed by atoms with E-state index in [9.17, 15) is 0 Å². The van der Waals surface area contributed by atoms with Crippen LogP contribution in [0, 0.1) is 0 Å². The lowest BCUT2D eigenvalue weighted by molar-refractivity contribution is 0.189. The first-order chi connectivity index (χ1) is 7.97. The van der Waals surface area contributed by atoms with E-state index in [-0.39, 0.29) is 12.0 Å². The van der Waals surface area contributed by atoms with Gasteiger partial charge in [-0.2, -0.15) is 0 Å². The molecule has 0 aromatic carbocycles. The minimum atomic E-state index is -0.133. The Labute approximate surface area is 102 Å². The van der Waals surface area contributed by atoms with Gasteiger partial charge in [0.05, 0.1) is 13.2 Å². The summed E-state index contributed by atoms with van der Waals surface area (Å²) in [6, 6.07) is 0. The van der Waals surface area contributed by atoms with Crippen molar-refractivity contribution in [3.8, 4) is 0 Å². The lowest BCUT2D eigenvalue weighted by Crippen LogP contribution is -2.26. The molecule has 0 aliphatic heterocycles. The van der Waals surface area contributed by atoms with E-state index in [1.54, 1.807) is 6.08 Å². The summed E-state index contributed by atoms with van der Waals surface area (Å²) in [5.41, 5.74) is -0.133. The first kappa shape index (κ1) is 13.9. The zero-order valence-corrected chi connectivity index (χ0v) is 10.8. The summed E-state index contributed by atoms with van der Waals surface area (Å²) in [4.78, 5) is 1.99. The molecule has 17 heavy (non-hydrogen) atoms. The van der Waals surface area contributed by atoms with E-state index < -0.39 is 0 Å².